The predicted octanol–water partition coefficient (Wildman–Crippen LogP) is 2.44. The maximum absolute atomic E-state index is 8.81. The van der Waals surface area contributed by atoms with Gasteiger partial charge < -0.3 is 15.5 Å². The second-order valence-corrected chi connectivity index (χ2v) is 6.53. The Bertz CT molecular complexity index is 756. The molecule has 3 rings (SSSR count). The lowest BCUT2D eigenvalue weighted by atomic mass is 9.98. The first-order valence-corrected chi connectivity index (χ1v) is 8.56. The highest BCUT2D eigenvalue weighted by molar-refractivity contribution is 6.27. The second-order valence-electron chi connectivity index (χ2n) is 6.53. The molecular formula is C20H25N5. The Morgan fingerprint density at radius 2 is 1.56 bits per heavy atom. The van der Waals surface area contributed by atoms with Gasteiger partial charge in [0.2, 0.25) is 0 Å². The molecule has 2 aromatic rings. The van der Waals surface area contributed by atoms with Gasteiger partial charge >= 0.3 is 0 Å². The molecule has 3 N–H and O–H groups in total. The lowest BCUT2D eigenvalue weighted by Crippen LogP contribution is -2.47. The van der Waals surface area contributed by atoms with Gasteiger partial charge in [-0.25, -0.2) is 0 Å². The van der Waals surface area contributed by atoms with E-state index in [4.69, 9.17) is 11.1 Å². The monoisotopic (exact) mass is 335 g/mol. The zero-order valence-corrected chi connectivity index (χ0v) is 14.9. The van der Waals surface area contributed by atoms with Gasteiger partial charge in [0.05, 0.1) is 5.70 Å². The Balaban J connectivity index is 2.02. The Hall–Kier alpha value is -2.66. The van der Waals surface area contributed by atoms with Crippen molar-refractivity contribution in [2.45, 2.75) is 6.92 Å². The van der Waals surface area contributed by atoms with Crippen LogP contribution in [0, 0.1) is 12.3 Å². The van der Waals surface area contributed by atoms with Crippen LogP contribution >= 0.6 is 0 Å². The van der Waals surface area contributed by atoms with Gasteiger partial charge in [0.25, 0.3) is 0 Å². The molecule has 1 aromatic heterocycles. The van der Waals surface area contributed by atoms with E-state index < -0.39 is 0 Å². The molecule has 0 spiro atoms. The highest BCUT2D eigenvalue weighted by atomic mass is 15.3. The van der Waals surface area contributed by atoms with Crippen LogP contribution in [0.4, 0.5) is 0 Å². The summed E-state index contributed by atoms with van der Waals surface area (Å²) in [4.78, 5) is 8.49. The molecule has 5 nitrogen and oxygen atoms in total. The van der Waals surface area contributed by atoms with Gasteiger partial charge in [-0.3, -0.25) is 10.4 Å². The summed E-state index contributed by atoms with van der Waals surface area (Å²) in [7, 11) is 2.11. The minimum Gasteiger partial charge on any atom is -0.398 e. The summed E-state index contributed by atoms with van der Waals surface area (Å²) < 4.78 is 0. The second kappa shape index (κ2) is 7.49. The van der Waals surface area contributed by atoms with E-state index in [9.17, 15) is 0 Å². The number of benzene rings is 1. The van der Waals surface area contributed by atoms with Crippen molar-refractivity contribution >= 4 is 17.1 Å². The minimum atomic E-state index is 0.484. The molecule has 0 bridgehead atoms. The largest absolute Gasteiger partial charge is 0.398 e. The number of aryl methyl sites for hydroxylation is 1. The van der Waals surface area contributed by atoms with Crippen molar-refractivity contribution in [3.8, 4) is 0 Å². The molecule has 1 fully saturated rings. The van der Waals surface area contributed by atoms with Crippen LogP contribution < -0.4 is 5.73 Å². The van der Waals surface area contributed by atoms with Crippen LogP contribution in [0.15, 0.2) is 48.8 Å². The Labute approximate surface area is 149 Å². The van der Waals surface area contributed by atoms with Crippen LogP contribution in [0.3, 0.4) is 0 Å². The van der Waals surface area contributed by atoms with Crippen LogP contribution in [0.1, 0.15) is 16.7 Å². The number of nitrogens with one attached hydrogen (secondary N) is 1. The molecule has 0 aliphatic carbocycles. The average molecular weight is 335 g/mol. The van der Waals surface area contributed by atoms with Crippen LogP contribution in [-0.4, -0.2) is 53.8 Å². The molecule has 5 heteroatoms. The molecule has 0 unspecified atom stereocenters. The van der Waals surface area contributed by atoms with Crippen molar-refractivity contribution in [2.75, 3.05) is 33.2 Å². The summed E-state index contributed by atoms with van der Waals surface area (Å²) in [6, 6.07) is 12.0. The van der Waals surface area contributed by atoms with Crippen molar-refractivity contribution in [3.05, 3.63) is 65.5 Å². The highest BCUT2D eigenvalue weighted by Gasteiger charge is 2.22. The van der Waals surface area contributed by atoms with E-state index in [0.29, 0.717) is 11.5 Å². The van der Waals surface area contributed by atoms with Crippen LogP contribution in [0.25, 0.3) is 11.3 Å². The third-order valence-corrected chi connectivity index (χ3v) is 4.66. The predicted molar refractivity (Wildman–Crippen MR) is 103 cm³/mol. The van der Waals surface area contributed by atoms with E-state index in [1.54, 1.807) is 12.4 Å². The van der Waals surface area contributed by atoms with Crippen molar-refractivity contribution in [1.82, 2.24) is 14.8 Å². The normalized spacial score (nSPS) is 16.5. The fourth-order valence-corrected chi connectivity index (χ4v) is 3.00. The lowest BCUT2D eigenvalue weighted by molar-refractivity contribution is 0.216. The fraction of sp³-hybridized carbons (Fsp3) is 0.300. The van der Waals surface area contributed by atoms with Gasteiger partial charge in [0.1, 0.15) is 5.84 Å². The third kappa shape index (κ3) is 3.88. The number of nitrogens with two attached hydrogens (primary N) is 1. The molecular weight excluding hydrogens is 310 g/mol. The van der Waals surface area contributed by atoms with E-state index in [1.807, 2.05) is 36.4 Å². The molecule has 25 heavy (non-hydrogen) atoms. The van der Waals surface area contributed by atoms with Crippen molar-refractivity contribution < 1.29 is 0 Å². The van der Waals surface area contributed by atoms with Gasteiger partial charge in [-0.2, -0.15) is 0 Å². The van der Waals surface area contributed by atoms with Gasteiger partial charge in [0, 0.05) is 44.1 Å². The summed E-state index contributed by atoms with van der Waals surface area (Å²) in [6.07, 6.45) is 3.49. The number of rotatable bonds is 3. The van der Waals surface area contributed by atoms with Gasteiger partial charge in [-0.05, 0) is 37.2 Å². The van der Waals surface area contributed by atoms with Crippen LogP contribution in [-0.2, 0) is 0 Å². The topological polar surface area (TPSA) is 69.2 Å². The summed E-state index contributed by atoms with van der Waals surface area (Å²) in [5, 5.41) is 8.81. The molecule has 0 atom stereocenters. The molecule has 130 valence electrons. The number of hydrogen-bond donors (Lipinski definition) is 2. The molecule has 1 aliphatic rings. The maximum Gasteiger partial charge on any atom is 0.130 e. The van der Waals surface area contributed by atoms with Crippen molar-refractivity contribution in [3.63, 3.8) is 0 Å². The minimum absolute atomic E-state index is 0.484. The molecule has 2 heterocycles. The van der Waals surface area contributed by atoms with E-state index in [1.165, 1.54) is 5.56 Å². The molecule has 1 saturated heterocycles. The number of nitrogens with zero attached hydrogens (tertiary/aromatic N) is 3. The number of pyridine rings is 1. The third-order valence-electron chi connectivity index (χ3n) is 4.66. The van der Waals surface area contributed by atoms with E-state index >= 15 is 0 Å². The first-order chi connectivity index (χ1) is 12.1. The Morgan fingerprint density at radius 1 is 0.960 bits per heavy atom. The van der Waals surface area contributed by atoms with Gasteiger partial charge in [-0.15, -0.1) is 0 Å². The zero-order valence-electron chi connectivity index (χ0n) is 14.9. The number of piperazine rings is 1. The standard InChI is InChI=1S/C20H25N5/c1-15-3-5-17(6-4-15)19(21)18(16-7-9-23-10-8-16)20(22)25-13-11-24(2)12-14-25/h3-10,22H,11-14,21H2,1-2H3/b19-18-,22-20?. The molecule has 0 radical (unpaired) electrons. The number of amidine groups is 1. The van der Waals surface area contributed by atoms with Crippen molar-refractivity contribution in [1.29, 1.82) is 5.41 Å². The summed E-state index contributed by atoms with van der Waals surface area (Å²) in [6.45, 7) is 5.64. The van der Waals surface area contributed by atoms with Crippen molar-refractivity contribution in [2.24, 2.45) is 5.73 Å². The summed E-state index contributed by atoms with van der Waals surface area (Å²) in [5.74, 6) is 0.484. The lowest BCUT2D eigenvalue weighted by Gasteiger charge is -2.35. The van der Waals surface area contributed by atoms with Crippen LogP contribution in [0.5, 0.6) is 0 Å². The maximum atomic E-state index is 8.81. The number of aromatic nitrogens is 1. The number of likely N-dealkylation sites (N-methyl/N-ethyl adjacent to an activating group) is 1. The van der Waals surface area contributed by atoms with E-state index in [0.717, 1.165) is 42.9 Å². The number of hydrogen-bond acceptors (Lipinski definition) is 4. The summed E-state index contributed by atoms with van der Waals surface area (Å²) in [5.41, 5.74) is 11.0. The molecule has 1 aliphatic heterocycles. The first kappa shape index (κ1) is 17.2. The highest BCUT2D eigenvalue weighted by Crippen LogP contribution is 2.25. The Morgan fingerprint density at radius 3 is 2.16 bits per heavy atom. The molecule has 0 amide bonds. The zero-order chi connectivity index (χ0) is 17.8. The fourth-order valence-electron chi connectivity index (χ4n) is 3.00. The quantitative estimate of drug-likeness (QED) is 0.668. The Kier molecular flexibility index (Phi) is 5.14. The van der Waals surface area contributed by atoms with E-state index in [-0.39, 0.29) is 0 Å². The first-order valence-electron chi connectivity index (χ1n) is 8.56. The van der Waals surface area contributed by atoms with Gasteiger partial charge in [0.15, 0.2) is 0 Å². The van der Waals surface area contributed by atoms with Crippen LogP contribution in [0.2, 0.25) is 0 Å². The smallest absolute Gasteiger partial charge is 0.130 e. The molecule has 1 aromatic carbocycles. The van der Waals surface area contributed by atoms with Gasteiger partial charge in [-0.1, -0.05) is 29.8 Å². The summed E-state index contributed by atoms with van der Waals surface area (Å²) >= 11 is 0. The SMILES string of the molecule is Cc1ccc(/C(N)=C(/C(=N)N2CCN(C)CC2)c2ccncc2)cc1. The van der Waals surface area contributed by atoms with E-state index in [2.05, 4.69) is 28.8 Å². The average Bonchev–Trinajstić information content (AvgIpc) is 2.64. The molecule has 0 saturated carbocycles.